The molecule has 2 heterocycles. The van der Waals surface area contributed by atoms with E-state index in [0.29, 0.717) is 17.5 Å². The number of nitrogens with one attached hydrogen (secondary N) is 2. The molecule has 2 amide bonds. The minimum absolute atomic E-state index is 0.0955. The van der Waals surface area contributed by atoms with Crippen LogP contribution in [0.1, 0.15) is 25.5 Å². The number of benzene rings is 1. The van der Waals surface area contributed by atoms with E-state index in [1.54, 1.807) is 22.9 Å². The predicted molar refractivity (Wildman–Crippen MR) is 116 cm³/mol. The molecule has 1 aliphatic carbocycles. The Bertz CT molecular complexity index is 932. The summed E-state index contributed by atoms with van der Waals surface area (Å²) < 4.78 is 14.8. The van der Waals surface area contributed by atoms with E-state index < -0.39 is 0 Å². The first-order valence-corrected chi connectivity index (χ1v) is 10.8. The summed E-state index contributed by atoms with van der Waals surface area (Å²) >= 11 is 0. The molecule has 2 N–H and O–H groups in total. The zero-order valence-corrected chi connectivity index (χ0v) is 18.0. The van der Waals surface area contributed by atoms with Crippen molar-refractivity contribution in [2.24, 2.45) is 0 Å². The lowest BCUT2D eigenvalue weighted by molar-refractivity contribution is -0.127. The van der Waals surface area contributed by atoms with Gasteiger partial charge in [0.1, 0.15) is 11.6 Å². The fourth-order valence-electron chi connectivity index (χ4n) is 3.78. The lowest BCUT2D eigenvalue weighted by Gasteiger charge is -2.37. The number of piperazine rings is 1. The number of carbonyl (C=O) groups excluding carboxylic acids is 2. The van der Waals surface area contributed by atoms with Crippen LogP contribution in [-0.4, -0.2) is 76.2 Å². The summed E-state index contributed by atoms with van der Waals surface area (Å²) in [7, 11) is 0. The van der Waals surface area contributed by atoms with E-state index in [2.05, 4.69) is 25.5 Å². The molecule has 2 aromatic rings. The average molecular weight is 429 g/mol. The van der Waals surface area contributed by atoms with Crippen molar-refractivity contribution in [1.29, 1.82) is 0 Å². The van der Waals surface area contributed by atoms with Crippen LogP contribution >= 0.6 is 0 Å². The van der Waals surface area contributed by atoms with Crippen molar-refractivity contribution in [2.45, 2.75) is 38.8 Å². The summed E-state index contributed by atoms with van der Waals surface area (Å²) in [6.45, 7) is 7.01. The molecular formula is C22H29FN6O2. The van der Waals surface area contributed by atoms with Gasteiger partial charge in [-0.05, 0) is 51.0 Å². The van der Waals surface area contributed by atoms with E-state index in [9.17, 15) is 14.0 Å². The van der Waals surface area contributed by atoms with Crippen LogP contribution in [0, 0.1) is 12.7 Å². The third kappa shape index (κ3) is 5.48. The van der Waals surface area contributed by atoms with Gasteiger partial charge in [0.05, 0.1) is 24.0 Å². The zero-order valence-electron chi connectivity index (χ0n) is 18.0. The number of carbonyl (C=O) groups is 2. The first kappa shape index (κ1) is 21.5. The highest BCUT2D eigenvalue weighted by molar-refractivity contribution is 5.91. The zero-order chi connectivity index (χ0) is 22.0. The molecule has 0 spiro atoms. The van der Waals surface area contributed by atoms with Gasteiger partial charge in [0.2, 0.25) is 11.8 Å². The van der Waals surface area contributed by atoms with Crippen molar-refractivity contribution in [1.82, 2.24) is 24.9 Å². The van der Waals surface area contributed by atoms with Crippen molar-refractivity contribution < 1.29 is 14.0 Å². The number of anilines is 1. The van der Waals surface area contributed by atoms with Crippen molar-refractivity contribution >= 4 is 17.6 Å². The smallest absolute Gasteiger partial charge is 0.239 e. The van der Waals surface area contributed by atoms with Crippen LogP contribution in [0.4, 0.5) is 10.2 Å². The van der Waals surface area contributed by atoms with Crippen molar-refractivity contribution in [3.63, 3.8) is 0 Å². The number of rotatable bonds is 7. The van der Waals surface area contributed by atoms with Gasteiger partial charge in [-0.1, -0.05) is 0 Å². The fraction of sp³-hybridized carbons (Fsp3) is 0.500. The van der Waals surface area contributed by atoms with Gasteiger partial charge in [0.15, 0.2) is 0 Å². The quantitative estimate of drug-likeness (QED) is 0.699. The van der Waals surface area contributed by atoms with E-state index in [1.807, 2.05) is 13.8 Å². The SMILES string of the molecule is Cc1cc(NC(=O)CN2CCN(C(C)C(=O)NC3CC3)CC2)n(-c2ccc(F)cc2)n1. The first-order valence-electron chi connectivity index (χ1n) is 10.8. The second-order valence-electron chi connectivity index (χ2n) is 8.38. The molecule has 8 nitrogen and oxygen atoms in total. The molecule has 0 bridgehead atoms. The third-order valence-electron chi connectivity index (χ3n) is 5.80. The van der Waals surface area contributed by atoms with Crippen LogP contribution in [0.15, 0.2) is 30.3 Å². The van der Waals surface area contributed by atoms with Crippen LogP contribution in [0.2, 0.25) is 0 Å². The molecule has 2 fully saturated rings. The molecule has 1 unspecified atom stereocenters. The number of amides is 2. The minimum atomic E-state index is -0.323. The van der Waals surface area contributed by atoms with Crippen LogP contribution < -0.4 is 10.6 Å². The molecule has 1 aliphatic heterocycles. The summed E-state index contributed by atoms with van der Waals surface area (Å²) in [5, 5.41) is 10.4. The number of hydrogen-bond acceptors (Lipinski definition) is 5. The molecular weight excluding hydrogens is 399 g/mol. The van der Waals surface area contributed by atoms with E-state index >= 15 is 0 Å². The van der Waals surface area contributed by atoms with E-state index in [-0.39, 0.29) is 30.2 Å². The highest BCUT2D eigenvalue weighted by Crippen LogP contribution is 2.20. The fourth-order valence-corrected chi connectivity index (χ4v) is 3.78. The van der Waals surface area contributed by atoms with Gasteiger partial charge in [0, 0.05) is 38.3 Å². The molecule has 9 heteroatoms. The lowest BCUT2D eigenvalue weighted by atomic mass is 10.2. The van der Waals surface area contributed by atoms with Crippen molar-refractivity contribution in [3.05, 3.63) is 41.8 Å². The molecule has 166 valence electrons. The highest BCUT2D eigenvalue weighted by atomic mass is 19.1. The van der Waals surface area contributed by atoms with Crippen molar-refractivity contribution in [2.75, 3.05) is 38.0 Å². The number of nitrogens with zero attached hydrogens (tertiary/aromatic N) is 4. The highest BCUT2D eigenvalue weighted by Gasteiger charge is 2.30. The van der Waals surface area contributed by atoms with Gasteiger partial charge in [-0.2, -0.15) is 5.10 Å². The number of aryl methyl sites for hydroxylation is 1. The molecule has 1 aromatic heterocycles. The van der Waals surface area contributed by atoms with Gasteiger partial charge in [-0.15, -0.1) is 0 Å². The Morgan fingerprint density at radius 2 is 1.84 bits per heavy atom. The predicted octanol–water partition coefficient (Wildman–Crippen LogP) is 1.54. The summed E-state index contributed by atoms with van der Waals surface area (Å²) in [5.41, 5.74) is 1.43. The average Bonchev–Trinajstić information content (AvgIpc) is 3.49. The van der Waals surface area contributed by atoms with Gasteiger partial charge in [-0.25, -0.2) is 9.07 Å². The van der Waals surface area contributed by atoms with E-state index in [0.717, 1.165) is 44.7 Å². The Kier molecular flexibility index (Phi) is 6.33. The maximum atomic E-state index is 13.2. The third-order valence-corrected chi connectivity index (χ3v) is 5.80. The van der Waals surface area contributed by atoms with Crippen LogP contribution in [0.3, 0.4) is 0 Å². The number of hydrogen-bond donors (Lipinski definition) is 2. The molecule has 0 radical (unpaired) electrons. The van der Waals surface area contributed by atoms with Gasteiger partial charge < -0.3 is 10.6 Å². The maximum absolute atomic E-state index is 13.2. The van der Waals surface area contributed by atoms with Crippen LogP contribution in [0.25, 0.3) is 5.69 Å². The monoisotopic (exact) mass is 428 g/mol. The first-order chi connectivity index (χ1) is 14.9. The maximum Gasteiger partial charge on any atom is 0.239 e. The number of halogens is 1. The molecule has 1 saturated heterocycles. The largest absolute Gasteiger partial charge is 0.352 e. The Hall–Kier alpha value is -2.78. The summed E-state index contributed by atoms with van der Waals surface area (Å²) in [6.07, 6.45) is 2.17. The Morgan fingerprint density at radius 1 is 1.16 bits per heavy atom. The molecule has 2 aliphatic rings. The normalized spacial score (nSPS) is 18.5. The van der Waals surface area contributed by atoms with Crippen LogP contribution in [-0.2, 0) is 9.59 Å². The van der Waals surface area contributed by atoms with Gasteiger partial charge in [0.25, 0.3) is 0 Å². The molecule has 31 heavy (non-hydrogen) atoms. The Labute approximate surface area is 181 Å². The summed E-state index contributed by atoms with van der Waals surface area (Å²) in [6, 6.07) is 7.98. The van der Waals surface area contributed by atoms with Gasteiger partial charge >= 0.3 is 0 Å². The minimum Gasteiger partial charge on any atom is -0.352 e. The molecule has 1 saturated carbocycles. The lowest BCUT2D eigenvalue weighted by Crippen LogP contribution is -2.55. The molecule has 1 aromatic carbocycles. The second-order valence-corrected chi connectivity index (χ2v) is 8.38. The van der Waals surface area contributed by atoms with Gasteiger partial charge in [-0.3, -0.25) is 19.4 Å². The summed E-state index contributed by atoms with van der Waals surface area (Å²) in [5.74, 6) is 0.198. The second kappa shape index (κ2) is 9.15. The van der Waals surface area contributed by atoms with Crippen LogP contribution in [0.5, 0.6) is 0 Å². The standard InChI is InChI=1S/C22H29FN6O2/c1-15-13-20(29(26-15)19-7-3-17(23)4-8-19)25-21(30)14-27-9-11-28(12-10-27)16(2)22(31)24-18-5-6-18/h3-4,7-8,13,16,18H,5-6,9-12,14H2,1-2H3,(H,24,31)(H,25,30). The number of aromatic nitrogens is 2. The van der Waals surface area contributed by atoms with E-state index in [4.69, 9.17) is 0 Å². The molecule has 4 rings (SSSR count). The Balaban J connectivity index is 1.29. The molecule has 1 atom stereocenters. The summed E-state index contributed by atoms with van der Waals surface area (Å²) in [4.78, 5) is 29.2. The van der Waals surface area contributed by atoms with E-state index in [1.165, 1.54) is 12.1 Å². The Morgan fingerprint density at radius 3 is 2.48 bits per heavy atom. The van der Waals surface area contributed by atoms with Crippen molar-refractivity contribution in [3.8, 4) is 5.69 Å². The topological polar surface area (TPSA) is 82.5 Å².